The summed E-state index contributed by atoms with van der Waals surface area (Å²) in [5, 5.41) is 4.22. The Morgan fingerprint density at radius 1 is 0.933 bits per heavy atom. The maximum atomic E-state index is 14.6. The van der Waals surface area contributed by atoms with E-state index in [0.717, 1.165) is 53.7 Å². The quantitative estimate of drug-likeness (QED) is 0.288. The number of amides is 2. The first-order valence-corrected chi connectivity index (χ1v) is 15.6. The maximum Gasteiger partial charge on any atom is 0.274 e. The molecule has 3 aliphatic rings. The molecule has 2 aromatic carbocycles. The average Bonchev–Trinajstić information content (AvgIpc) is 3.79. The van der Waals surface area contributed by atoms with Gasteiger partial charge in [0, 0.05) is 94.2 Å². The summed E-state index contributed by atoms with van der Waals surface area (Å²) in [6, 6.07) is 8.03. The third kappa shape index (κ3) is 5.38. The number of aryl methyl sites for hydroxylation is 3. The van der Waals surface area contributed by atoms with Crippen LogP contribution in [0.5, 0.6) is 0 Å². The fraction of sp³-hybridized carbons (Fsp3) is 0.412. The highest BCUT2D eigenvalue weighted by Crippen LogP contribution is 2.45. The predicted molar refractivity (Wildman–Crippen MR) is 166 cm³/mol. The molecule has 0 bridgehead atoms. The molecule has 0 N–H and O–H groups in total. The molecule has 1 saturated heterocycles. The summed E-state index contributed by atoms with van der Waals surface area (Å²) in [6.07, 6.45) is 7.47. The summed E-state index contributed by atoms with van der Waals surface area (Å²) < 4.78 is 32.5. The third-order valence-corrected chi connectivity index (χ3v) is 9.59. The van der Waals surface area contributed by atoms with Crippen molar-refractivity contribution in [2.24, 2.45) is 14.1 Å². The summed E-state index contributed by atoms with van der Waals surface area (Å²) in [6.45, 7) is 4.59. The second-order valence-corrected chi connectivity index (χ2v) is 12.6. The molecular formula is C34H37F2N7O2. The lowest BCUT2D eigenvalue weighted by Crippen LogP contribution is -2.38. The van der Waals surface area contributed by atoms with Gasteiger partial charge in [-0.2, -0.15) is 5.10 Å². The van der Waals surface area contributed by atoms with Gasteiger partial charge in [-0.25, -0.2) is 13.8 Å². The van der Waals surface area contributed by atoms with E-state index < -0.39 is 6.43 Å². The molecule has 7 rings (SSSR count). The number of likely N-dealkylation sites (tertiary alicyclic amines) is 1. The van der Waals surface area contributed by atoms with E-state index in [1.165, 1.54) is 5.56 Å². The molecule has 3 aliphatic heterocycles. The van der Waals surface area contributed by atoms with Gasteiger partial charge in [-0.3, -0.25) is 14.3 Å². The maximum absolute atomic E-state index is 14.6. The Labute approximate surface area is 261 Å². The van der Waals surface area contributed by atoms with Crippen molar-refractivity contribution in [2.45, 2.75) is 58.0 Å². The van der Waals surface area contributed by atoms with E-state index >= 15 is 0 Å². The first kappa shape index (κ1) is 29.2. The summed E-state index contributed by atoms with van der Waals surface area (Å²) in [7, 11) is 3.63. The highest BCUT2D eigenvalue weighted by Gasteiger charge is 2.33. The number of carbonyl (C=O) groups is 2. The van der Waals surface area contributed by atoms with Crippen molar-refractivity contribution in [3.63, 3.8) is 0 Å². The van der Waals surface area contributed by atoms with Crippen LogP contribution in [0.3, 0.4) is 0 Å². The number of aromatic nitrogens is 4. The van der Waals surface area contributed by atoms with Crippen LogP contribution in [-0.2, 0) is 38.4 Å². The van der Waals surface area contributed by atoms with E-state index in [1.54, 1.807) is 54.2 Å². The largest absolute Gasteiger partial charge is 0.341 e. The average molecular weight is 614 g/mol. The molecule has 0 spiro atoms. The second-order valence-electron chi connectivity index (χ2n) is 12.6. The number of imidazole rings is 1. The number of anilines is 2. The summed E-state index contributed by atoms with van der Waals surface area (Å²) in [5.41, 5.74) is 7.86. The number of hydrogen-bond donors (Lipinski definition) is 0. The topological polar surface area (TPSA) is 79.5 Å². The van der Waals surface area contributed by atoms with Gasteiger partial charge in [0.1, 0.15) is 5.69 Å². The Balaban J connectivity index is 1.24. The van der Waals surface area contributed by atoms with Gasteiger partial charge in [0.05, 0.1) is 12.5 Å². The predicted octanol–water partition coefficient (Wildman–Crippen LogP) is 5.72. The minimum Gasteiger partial charge on any atom is -0.341 e. The van der Waals surface area contributed by atoms with Gasteiger partial charge in [0.25, 0.3) is 12.3 Å². The Morgan fingerprint density at radius 3 is 2.40 bits per heavy atom. The van der Waals surface area contributed by atoms with Crippen LogP contribution in [0, 0.1) is 0 Å². The highest BCUT2D eigenvalue weighted by molar-refractivity contribution is 5.92. The van der Waals surface area contributed by atoms with Crippen molar-refractivity contribution in [1.29, 1.82) is 0 Å². The number of benzene rings is 2. The van der Waals surface area contributed by atoms with Gasteiger partial charge in [0.2, 0.25) is 5.91 Å². The molecule has 1 fully saturated rings. The monoisotopic (exact) mass is 613 g/mol. The third-order valence-electron chi connectivity index (χ3n) is 9.59. The lowest BCUT2D eigenvalue weighted by molar-refractivity contribution is -0.129. The van der Waals surface area contributed by atoms with Gasteiger partial charge in [-0.05, 0) is 72.1 Å². The number of piperidine rings is 1. The smallest absolute Gasteiger partial charge is 0.274 e. The standard InChI is InChI=1S/C34H37F2N7O2/c1-21(44)42-17-25-11-24(22-6-9-41(10-7-22)34(45)30-19-39(2)20-37-30)13-32(29(25)18-42)43-8-4-5-23-12-27(26-15-38-40(3)16-26)28(33(35)36)14-31(23)43/h11-16,19-20,22,33H,4-10,17-18H2,1-3H3. The molecule has 5 heterocycles. The molecule has 0 unspecified atom stereocenters. The Morgan fingerprint density at radius 2 is 1.73 bits per heavy atom. The number of carbonyl (C=O) groups excluding carboxylic acids is 2. The van der Waals surface area contributed by atoms with Crippen molar-refractivity contribution in [2.75, 3.05) is 24.5 Å². The minimum absolute atomic E-state index is 0.00300. The molecule has 234 valence electrons. The van der Waals surface area contributed by atoms with Gasteiger partial charge >= 0.3 is 0 Å². The van der Waals surface area contributed by atoms with Crippen LogP contribution in [0.25, 0.3) is 11.1 Å². The molecule has 0 atom stereocenters. The van der Waals surface area contributed by atoms with Crippen molar-refractivity contribution < 1.29 is 18.4 Å². The molecule has 11 heteroatoms. The molecular weight excluding hydrogens is 576 g/mol. The van der Waals surface area contributed by atoms with Crippen LogP contribution >= 0.6 is 0 Å². The van der Waals surface area contributed by atoms with E-state index in [2.05, 4.69) is 27.1 Å². The lowest BCUT2D eigenvalue weighted by Gasteiger charge is -2.36. The molecule has 0 saturated carbocycles. The van der Waals surface area contributed by atoms with E-state index in [-0.39, 0.29) is 23.3 Å². The van der Waals surface area contributed by atoms with Gasteiger partial charge in [-0.15, -0.1) is 0 Å². The van der Waals surface area contributed by atoms with Crippen LogP contribution in [0.2, 0.25) is 0 Å². The zero-order chi connectivity index (χ0) is 31.4. The van der Waals surface area contributed by atoms with Crippen LogP contribution in [0.1, 0.15) is 76.8 Å². The Bertz CT molecular complexity index is 1790. The minimum atomic E-state index is -2.64. The fourth-order valence-corrected chi connectivity index (χ4v) is 7.21. The molecule has 9 nitrogen and oxygen atoms in total. The number of halogens is 2. The Hall–Kier alpha value is -4.54. The van der Waals surface area contributed by atoms with Gasteiger partial charge in [-0.1, -0.05) is 6.07 Å². The van der Waals surface area contributed by atoms with Crippen LogP contribution < -0.4 is 4.90 Å². The second kappa shape index (κ2) is 11.4. The number of fused-ring (bicyclic) bond motifs is 2. The van der Waals surface area contributed by atoms with Gasteiger partial charge < -0.3 is 19.3 Å². The first-order chi connectivity index (χ1) is 21.7. The number of rotatable bonds is 5. The van der Waals surface area contributed by atoms with Crippen molar-refractivity contribution in [3.05, 3.63) is 82.7 Å². The number of hydrogen-bond acceptors (Lipinski definition) is 5. The number of nitrogens with zero attached hydrogens (tertiary/aromatic N) is 7. The van der Waals surface area contributed by atoms with Crippen LogP contribution in [-0.4, -0.2) is 60.6 Å². The normalized spacial score (nSPS) is 16.8. The summed E-state index contributed by atoms with van der Waals surface area (Å²) >= 11 is 0. The zero-order valence-electron chi connectivity index (χ0n) is 25.8. The van der Waals surface area contributed by atoms with Crippen LogP contribution in [0.4, 0.5) is 20.2 Å². The van der Waals surface area contributed by atoms with Crippen LogP contribution in [0.15, 0.2) is 49.2 Å². The van der Waals surface area contributed by atoms with E-state index in [1.807, 2.05) is 22.9 Å². The number of alkyl halides is 2. The van der Waals surface area contributed by atoms with Crippen molar-refractivity contribution in [1.82, 2.24) is 29.1 Å². The van der Waals surface area contributed by atoms with Crippen molar-refractivity contribution in [3.8, 4) is 11.1 Å². The molecule has 45 heavy (non-hydrogen) atoms. The molecule has 0 aliphatic carbocycles. The first-order valence-electron chi connectivity index (χ1n) is 15.6. The summed E-state index contributed by atoms with van der Waals surface area (Å²) in [4.78, 5) is 35.6. The fourth-order valence-electron chi connectivity index (χ4n) is 7.21. The lowest BCUT2D eigenvalue weighted by atomic mass is 9.86. The molecule has 2 aromatic heterocycles. The zero-order valence-corrected chi connectivity index (χ0v) is 25.8. The van der Waals surface area contributed by atoms with E-state index in [0.29, 0.717) is 49.5 Å². The summed E-state index contributed by atoms with van der Waals surface area (Å²) in [5.74, 6) is 0.202. The highest BCUT2D eigenvalue weighted by atomic mass is 19.3. The van der Waals surface area contributed by atoms with Gasteiger partial charge in [0.15, 0.2) is 0 Å². The SMILES string of the molecule is CC(=O)N1Cc2cc(C3CCN(C(=O)c4cn(C)cn4)CC3)cc(N3CCCc4cc(-c5cnn(C)c5)c(C(F)F)cc43)c2C1. The van der Waals surface area contributed by atoms with E-state index in [9.17, 15) is 18.4 Å². The molecule has 4 aromatic rings. The molecule has 0 radical (unpaired) electrons. The Kier molecular flexibility index (Phi) is 7.41. The van der Waals surface area contributed by atoms with Crippen molar-refractivity contribution >= 4 is 23.2 Å². The van der Waals surface area contributed by atoms with E-state index in [4.69, 9.17) is 0 Å². The molecule has 2 amide bonds.